The molecule has 7 nitrogen and oxygen atoms in total. The van der Waals surface area contributed by atoms with Gasteiger partial charge >= 0.3 is 0 Å². The van der Waals surface area contributed by atoms with Gasteiger partial charge in [0.05, 0.1) is 18.2 Å². The summed E-state index contributed by atoms with van der Waals surface area (Å²) < 4.78 is 16.3. The molecule has 3 aromatic rings. The number of hydrogen-bond donors (Lipinski definition) is 1. The van der Waals surface area contributed by atoms with Crippen molar-refractivity contribution in [2.24, 2.45) is 0 Å². The van der Waals surface area contributed by atoms with E-state index >= 15 is 0 Å². The third-order valence-corrected chi connectivity index (χ3v) is 5.61. The Bertz CT molecular complexity index is 1270. The summed E-state index contributed by atoms with van der Waals surface area (Å²) in [6.07, 6.45) is 0. The molecule has 0 bridgehead atoms. The maximum atomic E-state index is 13.2. The number of ketones is 1. The Morgan fingerprint density at radius 3 is 2.58 bits per heavy atom. The molecule has 166 valence electrons. The molecule has 1 saturated heterocycles. The van der Waals surface area contributed by atoms with E-state index in [1.807, 2.05) is 37.3 Å². The van der Waals surface area contributed by atoms with Crippen LogP contribution in [0.4, 0.5) is 5.69 Å². The number of nitrogens with zero attached hydrogens (tertiary/aromatic N) is 1. The molecule has 0 saturated carbocycles. The predicted molar refractivity (Wildman–Crippen MR) is 121 cm³/mol. The zero-order valence-corrected chi connectivity index (χ0v) is 17.9. The van der Waals surface area contributed by atoms with Crippen LogP contribution in [0.1, 0.15) is 24.1 Å². The van der Waals surface area contributed by atoms with Gasteiger partial charge in [-0.15, -0.1) is 0 Å². The monoisotopic (exact) mass is 443 g/mol. The molecular weight excluding hydrogens is 422 g/mol. The van der Waals surface area contributed by atoms with Crippen LogP contribution in [0.5, 0.6) is 17.2 Å². The number of benzene rings is 3. The minimum Gasteiger partial charge on any atom is -0.507 e. The topological polar surface area (TPSA) is 85.3 Å². The number of aliphatic hydroxyl groups excluding tert-OH is 1. The van der Waals surface area contributed by atoms with Gasteiger partial charge in [0.15, 0.2) is 11.5 Å². The number of fused-ring (bicyclic) bond motifs is 1. The van der Waals surface area contributed by atoms with Gasteiger partial charge in [-0.2, -0.15) is 0 Å². The first kappa shape index (κ1) is 20.6. The Labute approximate surface area is 190 Å². The van der Waals surface area contributed by atoms with Gasteiger partial charge in [-0.1, -0.05) is 36.4 Å². The molecule has 0 spiro atoms. The molecule has 0 aromatic heterocycles. The van der Waals surface area contributed by atoms with E-state index in [2.05, 4.69) is 0 Å². The number of anilines is 1. The van der Waals surface area contributed by atoms with Crippen molar-refractivity contribution in [3.63, 3.8) is 0 Å². The maximum absolute atomic E-state index is 13.2. The summed E-state index contributed by atoms with van der Waals surface area (Å²) in [5.41, 5.74) is 1.57. The van der Waals surface area contributed by atoms with E-state index in [0.717, 1.165) is 0 Å². The van der Waals surface area contributed by atoms with E-state index in [1.165, 1.54) is 4.90 Å². The van der Waals surface area contributed by atoms with Crippen molar-refractivity contribution in [1.82, 2.24) is 0 Å². The first-order valence-electron chi connectivity index (χ1n) is 10.6. The molecule has 1 fully saturated rings. The van der Waals surface area contributed by atoms with Gasteiger partial charge in [0.2, 0.25) is 6.79 Å². The highest BCUT2D eigenvalue weighted by atomic mass is 16.7. The summed E-state index contributed by atoms with van der Waals surface area (Å²) >= 11 is 0. The van der Waals surface area contributed by atoms with Crippen LogP contribution in [0.15, 0.2) is 78.4 Å². The Kier molecular flexibility index (Phi) is 5.22. The second-order valence-electron chi connectivity index (χ2n) is 7.58. The Balaban J connectivity index is 1.67. The van der Waals surface area contributed by atoms with Gasteiger partial charge in [0.25, 0.3) is 11.7 Å². The van der Waals surface area contributed by atoms with Crippen LogP contribution < -0.4 is 19.1 Å². The second kappa shape index (κ2) is 8.35. The molecule has 7 heteroatoms. The smallest absolute Gasteiger partial charge is 0.300 e. The molecular formula is C26H21NO6. The van der Waals surface area contributed by atoms with Crippen LogP contribution in [0.3, 0.4) is 0 Å². The lowest BCUT2D eigenvalue weighted by Gasteiger charge is -2.25. The SMILES string of the molecule is CCOc1cccc(N2C(=O)C(=O)/C(=C(\O)c3ccc4c(c3)OCO4)C2c2ccccc2)c1. The van der Waals surface area contributed by atoms with Gasteiger partial charge in [-0.3, -0.25) is 14.5 Å². The molecule has 1 unspecified atom stereocenters. The van der Waals surface area contributed by atoms with E-state index in [4.69, 9.17) is 14.2 Å². The van der Waals surface area contributed by atoms with E-state index in [1.54, 1.807) is 42.5 Å². The number of aliphatic hydroxyl groups is 1. The molecule has 3 aromatic carbocycles. The number of hydrogen-bond acceptors (Lipinski definition) is 6. The van der Waals surface area contributed by atoms with Crippen molar-refractivity contribution in [2.75, 3.05) is 18.3 Å². The van der Waals surface area contributed by atoms with Crippen molar-refractivity contribution in [3.05, 3.63) is 89.5 Å². The maximum Gasteiger partial charge on any atom is 0.300 e. The average Bonchev–Trinajstić information content (AvgIpc) is 3.41. The fourth-order valence-corrected chi connectivity index (χ4v) is 4.14. The number of amides is 1. The molecule has 1 amide bonds. The Morgan fingerprint density at radius 1 is 1.00 bits per heavy atom. The summed E-state index contributed by atoms with van der Waals surface area (Å²) in [6.45, 7) is 2.42. The first-order valence-corrected chi connectivity index (χ1v) is 10.6. The largest absolute Gasteiger partial charge is 0.507 e. The molecule has 33 heavy (non-hydrogen) atoms. The van der Waals surface area contributed by atoms with Crippen LogP contribution in [0.2, 0.25) is 0 Å². The standard InChI is InChI=1S/C26H21NO6/c1-2-31-19-10-6-9-18(14-19)27-23(16-7-4-3-5-8-16)22(25(29)26(27)30)24(28)17-11-12-20-21(13-17)33-15-32-20/h3-14,23,28H,2,15H2,1H3/b24-22-. The zero-order chi connectivity index (χ0) is 22.9. The fourth-order valence-electron chi connectivity index (χ4n) is 4.14. The van der Waals surface area contributed by atoms with Crippen LogP contribution in [0.25, 0.3) is 5.76 Å². The second-order valence-corrected chi connectivity index (χ2v) is 7.58. The molecule has 2 aliphatic rings. The summed E-state index contributed by atoms with van der Waals surface area (Å²) in [5.74, 6) is -0.155. The molecule has 2 aliphatic heterocycles. The van der Waals surface area contributed by atoms with Crippen LogP contribution in [0, 0.1) is 0 Å². The van der Waals surface area contributed by atoms with Crippen LogP contribution in [-0.4, -0.2) is 30.2 Å². The van der Waals surface area contributed by atoms with Crippen molar-refractivity contribution < 1.29 is 28.9 Å². The normalized spacial score (nSPS) is 18.6. The highest BCUT2D eigenvalue weighted by molar-refractivity contribution is 6.51. The Hall–Kier alpha value is -4.26. The lowest BCUT2D eigenvalue weighted by atomic mass is 9.95. The average molecular weight is 443 g/mol. The van der Waals surface area contributed by atoms with Crippen molar-refractivity contribution >= 4 is 23.1 Å². The first-order chi connectivity index (χ1) is 16.1. The minimum absolute atomic E-state index is 0.00637. The van der Waals surface area contributed by atoms with Crippen LogP contribution >= 0.6 is 0 Å². The van der Waals surface area contributed by atoms with E-state index in [-0.39, 0.29) is 18.1 Å². The number of Topliss-reactive ketones (excluding diaryl/α,β-unsaturated/α-hetero) is 1. The highest BCUT2D eigenvalue weighted by Gasteiger charge is 2.47. The molecule has 2 heterocycles. The third kappa shape index (κ3) is 3.57. The van der Waals surface area contributed by atoms with Crippen molar-refractivity contribution in [1.29, 1.82) is 0 Å². The quantitative estimate of drug-likeness (QED) is 0.357. The summed E-state index contributed by atoms with van der Waals surface area (Å²) in [7, 11) is 0. The van der Waals surface area contributed by atoms with Gasteiger partial charge < -0.3 is 19.3 Å². The van der Waals surface area contributed by atoms with E-state index < -0.39 is 17.7 Å². The molecule has 0 radical (unpaired) electrons. The van der Waals surface area contributed by atoms with E-state index in [0.29, 0.717) is 40.7 Å². The number of rotatable bonds is 5. The predicted octanol–water partition coefficient (Wildman–Crippen LogP) is 4.44. The van der Waals surface area contributed by atoms with Gasteiger partial charge in [-0.25, -0.2) is 0 Å². The fraction of sp³-hybridized carbons (Fsp3) is 0.154. The molecule has 1 atom stereocenters. The van der Waals surface area contributed by atoms with E-state index in [9.17, 15) is 14.7 Å². The number of ether oxygens (including phenoxy) is 3. The molecule has 1 N–H and O–H groups in total. The van der Waals surface area contributed by atoms with Gasteiger partial charge in [-0.05, 0) is 42.8 Å². The summed E-state index contributed by atoms with van der Waals surface area (Å²) in [6, 6.07) is 20.2. The molecule has 0 aliphatic carbocycles. The minimum atomic E-state index is -0.812. The number of carbonyl (C=O) groups is 2. The highest BCUT2D eigenvalue weighted by Crippen LogP contribution is 2.43. The third-order valence-electron chi connectivity index (χ3n) is 5.61. The summed E-state index contributed by atoms with van der Waals surface area (Å²) in [4.78, 5) is 27.9. The lowest BCUT2D eigenvalue weighted by Crippen LogP contribution is -2.29. The Morgan fingerprint density at radius 2 is 1.79 bits per heavy atom. The molecule has 5 rings (SSSR count). The lowest BCUT2D eigenvalue weighted by molar-refractivity contribution is -0.132. The summed E-state index contributed by atoms with van der Waals surface area (Å²) in [5, 5.41) is 11.2. The van der Waals surface area contributed by atoms with Crippen LogP contribution in [-0.2, 0) is 9.59 Å². The van der Waals surface area contributed by atoms with Crippen molar-refractivity contribution in [3.8, 4) is 17.2 Å². The van der Waals surface area contributed by atoms with Gasteiger partial charge in [0, 0.05) is 17.3 Å². The number of carbonyl (C=O) groups excluding carboxylic acids is 2. The van der Waals surface area contributed by atoms with Crippen molar-refractivity contribution in [2.45, 2.75) is 13.0 Å². The zero-order valence-electron chi connectivity index (χ0n) is 17.9. The van der Waals surface area contributed by atoms with Gasteiger partial charge in [0.1, 0.15) is 11.5 Å².